The van der Waals surface area contributed by atoms with Crippen LogP contribution in [0.3, 0.4) is 0 Å². The van der Waals surface area contributed by atoms with Gasteiger partial charge in [0, 0.05) is 49.5 Å². The minimum absolute atomic E-state index is 0.145. The molecule has 176 valence electrons. The first kappa shape index (κ1) is 21.0. The van der Waals surface area contributed by atoms with E-state index in [4.69, 9.17) is 9.72 Å². The second kappa shape index (κ2) is 7.73. The highest BCUT2D eigenvalue weighted by atomic mass is 19.3. The molecule has 1 amide bonds. The summed E-state index contributed by atoms with van der Waals surface area (Å²) in [4.78, 5) is 22.2. The topological polar surface area (TPSA) is 98.4 Å². The Morgan fingerprint density at radius 2 is 2.18 bits per heavy atom. The van der Waals surface area contributed by atoms with Gasteiger partial charge in [-0.2, -0.15) is 9.61 Å². The molecular formula is C23H23F2N7O2. The predicted molar refractivity (Wildman–Crippen MR) is 121 cm³/mol. The quantitative estimate of drug-likeness (QED) is 0.468. The van der Waals surface area contributed by atoms with E-state index in [9.17, 15) is 13.6 Å². The van der Waals surface area contributed by atoms with Gasteiger partial charge in [-0.05, 0) is 25.0 Å². The summed E-state index contributed by atoms with van der Waals surface area (Å²) in [5.41, 5.74) is 2.74. The molecule has 2 atom stereocenters. The van der Waals surface area contributed by atoms with Crippen LogP contribution in [0, 0.1) is 0 Å². The molecule has 1 saturated carbocycles. The number of halogens is 2. The summed E-state index contributed by atoms with van der Waals surface area (Å²) in [6, 6.07) is 4.71. The smallest absolute Gasteiger partial charge is 0.267 e. The van der Waals surface area contributed by atoms with Crippen molar-refractivity contribution < 1.29 is 18.3 Å². The number of nitrogens with zero attached hydrogens (tertiary/aromatic N) is 5. The standard InChI is InChI=1S/C23H23F2N7O2/c1-26-19-9-17(16-11-31(13-5-8-34-12-13)20-14(16)3-2-7-27-20)29-21-15(10-28-32(19)21)22(33)30-18-4-6-23(18,24)25/h2-3,7,9-11,13,18,26H,4-6,8,12H2,1H3,(H,30,33)/t13?,18-/m0/s1. The molecule has 9 nitrogen and oxygen atoms in total. The molecule has 4 aromatic heterocycles. The van der Waals surface area contributed by atoms with Gasteiger partial charge in [-0.1, -0.05) is 0 Å². The third-order valence-corrected chi connectivity index (χ3v) is 6.72. The zero-order valence-corrected chi connectivity index (χ0v) is 18.5. The Morgan fingerprint density at radius 3 is 2.88 bits per heavy atom. The Balaban J connectivity index is 1.46. The van der Waals surface area contributed by atoms with Gasteiger partial charge in [-0.15, -0.1) is 0 Å². The lowest BCUT2D eigenvalue weighted by molar-refractivity contribution is -0.102. The van der Waals surface area contributed by atoms with Gasteiger partial charge in [0.2, 0.25) is 0 Å². The van der Waals surface area contributed by atoms with Crippen LogP contribution in [0.4, 0.5) is 14.6 Å². The Morgan fingerprint density at radius 1 is 1.29 bits per heavy atom. The number of anilines is 1. The van der Waals surface area contributed by atoms with E-state index in [2.05, 4.69) is 25.3 Å². The highest BCUT2D eigenvalue weighted by molar-refractivity contribution is 6.01. The zero-order valence-electron chi connectivity index (χ0n) is 18.5. The van der Waals surface area contributed by atoms with Gasteiger partial charge in [0.25, 0.3) is 11.8 Å². The first-order valence-corrected chi connectivity index (χ1v) is 11.2. The molecule has 1 unspecified atom stereocenters. The van der Waals surface area contributed by atoms with Gasteiger partial charge in [0.1, 0.15) is 17.0 Å². The van der Waals surface area contributed by atoms with Gasteiger partial charge in [0.05, 0.1) is 30.6 Å². The van der Waals surface area contributed by atoms with Gasteiger partial charge in [-0.25, -0.2) is 18.7 Å². The molecule has 1 aliphatic heterocycles. The number of carbonyl (C=O) groups is 1. The molecule has 34 heavy (non-hydrogen) atoms. The molecule has 0 aromatic carbocycles. The minimum atomic E-state index is -2.88. The molecule has 4 aromatic rings. The van der Waals surface area contributed by atoms with E-state index in [1.165, 1.54) is 10.7 Å². The molecular weight excluding hydrogens is 444 g/mol. The van der Waals surface area contributed by atoms with Crippen molar-refractivity contribution in [2.75, 3.05) is 25.6 Å². The summed E-state index contributed by atoms with van der Waals surface area (Å²) < 4.78 is 36.6. The molecule has 6 rings (SSSR count). The van der Waals surface area contributed by atoms with E-state index in [0.29, 0.717) is 24.7 Å². The third-order valence-electron chi connectivity index (χ3n) is 6.72. The largest absolute Gasteiger partial charge is 0.379 e. The number of ether oxygens (including phenoxy) is 1. The van der Waals surface area contributed by atoms with Gasteiger partial charge in [-0.3, -0.25) is 4.79 Å². The predicted octanol–water partition coefficient (Wildman–Crippen LogP) is 3.28. The molecule has 5 heterocycles. The van der Waals surface area contributed by atoms with Crippen molar-refractivity contribution >= 4 is 28.4 Å². The number of nitrogens with one attached hydrogen (secondary N) is 2. The summed E-state index contributed by atoms with van der Waals surface area (Å²) in [5, 5.41) is 10.7. The van der Waals surface area contributed by atoms with Crippen LogP contribution in [0.15, 0.2) is 36.8 Å². The number of pyridine rings is 1. The van der Waals surface area contributed by atoms with Gasteiger partial charge in [0.15, 0.2) is 5.65 Å². The molecule has 0 radical (unpaired) electrons. The second-order valence-corrected chi connectivity index (χ2v) is 8.74. The monoisotopic (exact) mass is 467 g/mol. The number of alkyl halides is 2. The number of aromatic nitrogens is 5. The van der Waals surface area contributed by atoms with Crippen molar-refractivity contribution in [1.29, 1.82) is 0 Å². The Kier molecular flexibility index (Phi) is 4.76. The van der Waals surface area contributed by atoms with E-state index >= 15 is 0 Å². The van der Waals surface area contributed by atoms with Crippen molar-refractivity contribution in [3.05, 3.63) is 42.4 Å². The van der Waals surface area contributed by atoms with Crippen LogP contribution in [0.2, 0.25) is 0 Å². The van der Waals surface area contributed by atoms with Crippen LogP contribution in [-0.2, 0) is 4.74 Å². The maximum atomic E-state index is 13.7. The summed E-state index contributed by atoms with van der Waals surface area (Å²) >= 11 is 0. The maximum absolute atomic E-state index is 13.7. The van der Waals surface area contributed by atoms with E-state index in [-0.39, 0.29) is 30.1 Å². The lowest BCUT2D eigenvalue weighted by Gasteiger charge is -2.36. The fourth-order valence-electron chi connectivity index (χ4n) is 4.67. The Bertz CT molecular complexity index is 1410. The van der Waals surface area contributed by atoms with E-state index in [0.717, 1.165) is 23.0 Å². The lowest BCUT2D eigenvalue weighted by Crippen LogP contribution is -2.55. The van der Waals surface area contributed by atoms with Crippen molar-refractivity contribution in [3.63, 3.8) is 0 Å². The Hall–Kier alpha value is -3.60. The first-order valence-electron chi connectivity index (χ1n) is 11.2. The van der Waals surface area contributed by atoms with Gasteiger partial charge < -0.3 is 19.9 Å². The third kappa shape index (κ3) is 3.22. The molecule has 2 aliphatic rings. The van der Waals surface area contributed by atoms with Crippen LogP contribution in [0.1, 0.15) is 35.7 Å². The van der Waals surface area contributed by atoms with Crippen LogP contribution in [-0.4, -0.2) is 62.3 Å². The highest BCUT2D eigenvalue weighted by Gasteiger charge is 2.49. The number of rotatable bonds is 5. The fraction of sp³-hybridized carbons (Fsp3) is 0.391. The summed E-state index contributed by atoms with van der Waals surface area (Å²) in [6.45, 7) is 1.32. The SMILES string of the molecule is CNc1cc(-c2cn(C3CCOC3)c3ncccc23)nc2c(C(=O)N[C@H]3CCC3(F)F)cnn12. The van der Waals surface area contributed by atoms with E-state index in [1.807, 2.05) is 24.4 Å². The summed E-state index contributed by atoms with van der Waals surface area (Å²) in [7, 11) is 1.75. The number of amides is 1. The molecule has 1 aliphatic carbocycles. The van der Waals surface area contributed by atoms with E-state index < -0.39 is 17.9 Å². The Labute approximate surface area is 193 Å². The van der Waals surface area contributed by atoms with Crippen LogP contribution in [0.25, 0.3) is 27.9 Å². The summed E-state index contributed by atoms with van der Waals surface area (Å²) in [5.74, 6) is -2.88. The number of carbonyl (C=O) groups excluding carboxylic acids is 1. The van der Waals surface area contributed by atoms with Crippen molar-refractivity contribution in [3.8, 4) is 11.3 Å². The normalized spacial score (nSPS) is 21.6. The van der Waals surface area contributed by atoms with Crippen LogP contribution in [0.5, 0.6) is 0 Å². The zero-order chi connectivity index (χ0) is 23.4. The molecule has 2 N–H and O–H groups in total. The average Bonchev–Trinajstić information content (AvgIpc) is 3.59. The molecule has 0 bridgehead atoms. The van der Waals surface area contributed by atoms with E-state index in [1.54, 1.807) is 13.2 Å². The average molecular weight is 467 g/mol. The lowest BCUT2D eigenvalue weighted by atomic mass is 9.88. The maximum Gasteiger partial charge on any atom is 0.267 e. The first-order chi connectivity index (χ1) is 16.5. The minimum Gasteiger partial charge on any atom is -0.379 e. The number of hydrogen-bond donors (Lipinski definition) is 2. The van der Waals surface area contributed by atoms with Crippen molar-refractivity contribution in [2.24, 2.45) is 0 Å². The molecule has 1 saturated heterocycles. The van der Waals surface area contributed by atoms with Crippen molar-refractivity contribution in [1.82, 2.24) is 29.5 Å². The fourth-order valence-corrected chi connectivity index (χ4v) is 4.67. The number of hydrogen-bond acceptors (Lipinski definition) is 6. The van der Waals surface area contributed by atoms with Crippen LogP contribution >= 0.6 is 0 Å². The summed E-state index contributed by atoms with van der Waals surface area (Å²) in [6.07, 6.45) is 6.05. The number of fused-ring (bicyclic) bond motifs is 2. The van der Waals surface area contributed by atoms with Crippen LogP contribution < -0.4 is 10.6 Å². The second-order valence-electron chi connectivity index (χ2n) is 8.74. The van der Waals surface area contributed by atoms with Gasteiger partial charge >= 0.3 is 0 Å². The highest BCUT2D eigenvalue weighted by Crippen LogP contribution is 2.38. The molecule has 2 fully saturated rings. The molecule has 11 heteroatoms. The molecule has 0 spiro atoms. The van der Waals surface area contributed by atoms with Crippen molar-refractivity contribution in [2.45, 2.75) is 37.3 Å².